The van der Waals surface area contributed by atoms with Crippen molar-refractivity contribution in [2.24, 2.45) is 0 Å². The molecule has 1 aromatic carbocycles. The predicted molar refractivity (Wildman–Crippen MR) is 77.1 cm³/mol. The fraction of sp³-hybridized carbons (Fsp3) is 0.267. The van der Waals surface area contributed by atoms with Crippen LogP contribution in [0.5, 0.6) is 0 Å². The maximum atomic E-state index is 12.9. The fourth-order valence-corrected chi connectivity index (χ4v) is 1.84. The summed E-state index contributed by atoms with van der Waals surface area (Å²) in [5, 5.41) is 6.66. The van der Waals surface area contributed by atoms with Gasteiger partial charge in [-0.05, 0) is 44.2 Å². The van der Waals surface area contributed by atoms with Crippen molar-refractivity contribution in [2.75, 3.05) is 7.11 Å². The van der Waals surface area contributed by atoms with Crippen LogP contribution in [0, 0.1) is 5.82 Å². The van der Waals surface area contributed by atoms with Gasteiger partial charge in [-0.25, -0.2) is 13.9 Å². The Morgan fingerprint density at radius 1 is 1.23 bits per heavy atom. The SMILES string of the molecule is COC(=O)C(C)(C)NC(=O)c1ccn(-c2ccc(F)cc2)n1. The van der Waals surface area contributed by atoms with E-state index in [1.54, 1.807) is 18.3 Å². The van der Waals surface area contributed by atoms with Crippen molar-refractivity contribution in [3.8, 4) is 5.69 Å². The molecule has 7 heteroatoms. The van der Waals surface area contributed by atoms with Gasteiger partial charge in [0, 0.05) is 6.20 Å². The number of amides is 1. The van der Waals surface area contributed by atoms with Crippen molar-refractivity contribution in [1.82, 2.24) is 15.1 Å². The highest BCUT2D eigenvalue weighted by Crippen LogP contribution is 2.10. The minimum Gasteiger partial charge on any atom is -0.467 e. The van der Waals surface area contributed by atoms with Crippen molar-refractivity contribution in [1.29, 1.82) is 0 Å². The lowest BCUT2D eigenvalue weighted by molar-refractivity contribution is -0.146. The topological polar surface area (TPSA) is 73.2 Å². The molecule has 0 bridgehead atoms. The molecule has 1 heterocycles. The lowest BCUT2D eigenvalue weighted by Crippen LogP contribution is -2.50. The van der Waals surface area contributed by atoms with E-state index in [-0.39, 0.29) is 11.5 Å². The third kappa shape index (κ3) is 3.30. The highest BCUT2D eigenvalue weighted by molar-refractivity contribution is 5.96. The molecule has 0 aliphatic carbocycles. The molecule has 0 spiro atoms. The smallest absolute Gasteiger partial charge is 0.330 e. The molecule has 1 aromatic heterocycles. The van der Waals surface area contributed by atoms with Crippen molar-refractivity contribution in [3.63, 3.8) is 0 Å². The minimum absolute atomic E-state index is 0.140. The maximum Gasteiger partial charge on any atom is 0.330 e. The second-order valence-electron chi connectivity index (χ2n) is 5.19. The molecule has 0 fully saturated rings. The van der Waals surface area contributed by atoms with Gasteiger partial charge in [-0.15, -0.1) is 0 Å². The van der Waals surface area contributed by atoms with Crippen molar-refractivity contribution in [3.05, 3.63) is 48.0 Å². The fourth-order valence-electron chi connectivity index (χ4n) is 1.84. The van der Waals surface area contributed by atoms with Gasteiger partial charge in [-0.3, -0.25) is 4.79 Å². The lowest BCUT2D eigenvalue weighted by Gasteiger charge is -2.22. The average molecular weight is 305 g/mol. The molecule has 0 atom stereocenters. The number of hydrogen-bond donors (Lipinski definition) is 1. The zero-order valence-electron chi connectivity index (χ0n) is 12.5. The summed E-state index contributed by atoms with van der Waals surface area (Å²) in [6, 6.07) is 7.20. The number of rotatable bonds is 4. The molecule has 0 saturated heterocycles. The first-order valence-electron chi connectivity index (χ1n) is 6.56. The summed E-state index contributed by atoms with van der Waals surface area (Å²) in [7, 11) is 1.25. The zero-order chi connectivity index (χ0) is 16.3. The highest BCUT2D eigenvalue weighted by Gasteiger charge is 2.31. The molecule has 0 radical (unpaired) electrons. The van der Waals surface area contributed by atoms with E-state index < -0.39 is 17.4 Å². The number of carbonyl (C=O) groups is 2. The van der Waals surface area contributed by atoms with Gasteiger partial charge in [0.2, 0.25) is 0 Å². The zero-order valence-corrected chi connectivity index (χ0v) is 12.5. The molecule has 6 nitrogen and oxygen atoms in total. The van der Waals surface area contributed by atoms with Crippen LogP contribution in [0.1, 0.15) is 24.3 Å². The second-order valence-corrected chi connectivity index (χ2v) is 5.19. The van der Waals surface area contributed by atoms with Gasteiger partial charge in [0.1, 0.15) is 11.4 Å². The Morgan fingerprint density at radius 2 is 1.86 bits per heavy atom. The number of hydrogen-bond acceptors (Lipinski definition) is 4. The molecular formula is C15H16FN3O3. The normalized spacial score (nSPS) is 11.1. The molecule has 0 aliphatic rings. The summed E-state index contributed by atoms with van der Waals surface area (Å²) in [4.78, 5) is 23.7. The second kappa shape index (κ2) is 5.97. The summed E-state index contributed by atoms with van der Waals surface area (Å²) in [6.07, 6.45) is 1.58. The third-order valence-corrected chi connectivity index (χ3v) is 3.03. The Labute approximate surface area is 126 Å². The number of ether oxygens (including phenoxy) is 1. The van der Waals surface area contributed by atoms with Gasteiger partial charge < -0.3 is 10.1 Å². The van der Waals surface area contributed by atoms with E-state index >= 15 is 0 Å². The van der Waals surface area contributed by atoms with Crippen LogP contribution in [-0.2, 0) is 9.53 Å². The van der Waals surface area contributed by atoms with E-state index in [1.165, 1.54) is 43.8 Å². The number of carbonyl (C=O) groups excluding carboxylic acids is 2. The number of nitrogens with zero attached hydrogens (tertiary/aromatic N) is 2. The quantitative estimate of drug-likeness (QED) is 0.873. The molecule has 0 aliphatic heterocycles. The minimum atomic E-state index is -1.16. The summed E-state index contributed by atoms with van der Waals surface area (Å²) in [5.74, 6) is -1.41. The number of nitrogens with one attached hydrogen (secondary N) is 1. The number of halogens is 1. The molecule has 1 amide bonds. The van der Waals surface area contributed by atoms with E-state index in [0.717, 1.165) is 0 Å². The lowest BCUT2D eigenvalue weighted by atomic mass is 10.1. The number of methoxy groups -OCH3 is 1. The van der Waals surface area contributed by atoms with Gasteiger partial charge in [0.05, 0.1) is 12.8 Å². The number of aromatic nitrogens is 2. The maximum absolute atomic E-state index is 12.9. The van der Waals surface area contributed by atoms with Crippen LogP contribution >= 0.6 is 0 Å². The molecule has 22 heavy (non-hydrogen) atoms. The standard InChI is InChI=1S/C15H16FN3O3/c1-15(2,14(21)22-3)17-13(20)12-8-9-19(18-12)11-6-4-10(16)5-7-11/h4-9H,1-3H3,(H,17,20). The van der Waals surface area contributed by atoms with Gasteiger partial charge in [0.25, 0.3) is 5.91 Å². The number of benzene rings is 1. The molecule has 2 aromatic rings. The highest BCUT2D eigenvalue weighted by atomic mass is 19.1. The molecular weight excluding hydrogens is 289 g/mol. The largest absolute Gasteiger partial charge is 0.467 e. The molecule has 0 saturated carbocycles. The van der Waals surface area contributed by atoms with Crippen LogP contribution < -0.4 is 5.32 Å². The Balaban J connectivity index is 2.16. The van der Waals surface area contributed by atoms with Crippen LogP contribution in [-0.4, -0.2) is 34.3 Å². The van der Waals surface area contributed by atoms with Gasteiger partial charge >= 0.3 is 5.97 Å². The van der Waals surface area contributed by atoms with Crippen LogP contribution in [0.15, 0.2) is 36.5 Å². The monoisotopic (exact) mass is 305 g/mol. The van der Waals surface area contributed by atoms with Crippen molar-refractivity contribution >= 4 is 11.9 Å². The van der Waals surface area contributed by atoms with Crippen LogP contribution in [0.3, 0.4) is 0 Å². The average Bonchev–Trinajstić information content (AvgIpc) is 2.96. The molecule has 2 rings (SSSR count). The van der Waals surface area contributed by atoms with Crippen LogP contribution in [0.4, 0.5) is 4.39 Å². The van der Waals surface area contributed by atoms with Crippen LogP contribution in [0.2, 0.25) is 0 Å². The van der Waals surface area contributed by atoms with Crippen molar-refractivity contribution < 1.29 is 18.7 Å². The van der Waals surface area contributed by atoms with E-state index in [1.807, 2.05) is 0 Å². The Hall–Kier alpha value is -2.70. The van der Waals surface area contributed by atoms with E-state index in [2.05, 4.69) is 15.2 Å². The Bertz CT molecular complexity index is 692. The molecule has 0 unspecified atom stereocenters. The van der Waals surface area contributed by atoms with Crippen LogP contribution in [0.25, 0.3) is 5.69 Å². The van der Waals surface area contributed by atoms with E-state index in [4.69, 9.17) is 0 Å². The van der Waals surface area contributed by atoms with Crippen molar-refractivity contribution in [2.45, 2.75) is 19.4 Å². The number of esters is 1. The summed E-state index contributed by atoms with van der Waals surface area (Å²) in [6.45, 7) is 3.07. The van der Waals surface area contributed by atoms with E-state index in [0.29, 0.717) is 5.69 Å². The predicted octanol–water partition coefficient (Wildman–Crippen LogP) is 1.69. The van der Waals surface area contributed by atoms with Gasteiger partial charge in [-0.2, -0.15) is 5.10 Å². The Morgan fingerprint density at radius 3 is 2.45 bits per heavy atom. The summed E-state index contributed by atoms with van der Waals surface area (Å²) in [5.41, 5.74) is -0.403. The third-order valence-electron chi connectivity index (χ3n) is 3.03. The first-order valence-corrected chi connectivity index (χ1v) is 6.56. The Kier molecular flexibility index (Phi) is 4.25. The van der Waals surface area contributed by atoms with Gasteiger partial charge in [0.15, 0.2) is 5.69 Å². The summed E-state index contributed by atoms with van der Waals surface area (Å²) < 4.78 is 19.0. The molecule has 116 valence electrons. The van der Waals surface area contributed by atoms with Gasteiger partial charge in [-0.1, -0.05) is 0 Å². The first kappa shape index (κ1) is 15.7. The molecule has 1 N–H and O–H groups in total. The summed E-state index contributed by atoms with van der Waals surface area (Å²) >= 11 is 0. The van der Waals surface area contributed by atoms with E-state index in [9.17, 15) is 14.0 Å². The first-order chi connectivity index (χ1) is 10.3.